The fourth-order valence-electron chi connectivity index (χ4n) is 2.52. The molecule has 0 heterocycles. The zero-order chi connectivity index (χ0) is 25.2. The van der Waals surface area contributed by atoms with Gasteiger partial charge in [0.15, 0.2) is 0 Å². The monoisotopic (exact) mass is 456 g/mol. The molecular formula is C25H32N2O6. The molecule has 0 fully saturated rings. The highest BCUT2D eigenvalue weighted by atomic mass is 16.6. The summed E-state index contributed by atoms with van der Waals surface area (Å²) in [5.41, 5.74) is -0.991. The minimum absolute atomic E-state index is 0.0326. The van der Waals surface area contributed by atoms with Gasteiger partial charge in [-0.15, -0.1) is 0 Å². The van der Waals surface area contributed by atoms with Crippen LogP contribution in [0.4, 0.5) is 4.79 Å². The van der Waals surface area contributed by atoms with Crippen LogP contribution in [0.15, 0.2) is 24.3 Å². The van der Waals surface area contributed by atoms with Gasteiger partial charge in [-0.3, -0.25) is 4.79 Å². The summed E-state index contributed by atoms with van der Waals surface area (Å²) in [5.74, 6) is 9.60. The molecule has 0 saturated carbocycles. The van der Waals surface area contributed by atoms with Crippen molar-refractivity contribution in [3.8, 4) is 23.7 Å². The first-order valence-corrected chi connectivity index (χ1v) is 10.4. The van der Waals surface area contributed by atoms with Gasteiger partial charge in [-0.05, 0) is 77.6 Å². The van der Waals surface area contributed by atoms with Crippen LogP contribution >= 0.6 is 0 Å². The topological polar surface area (TPSA) is 114 Å². The lowest BCUT2D eigenvalue weighted by molar-refractivity contribution is -0.144. The Bertz CT molecular complexity index is 969. The molecule has 0 aromatic heterocycles. The third-order valence-corrected chi connectivity index (χ3v) is 4.27. The number of carbonyl (C=O) groups is 3. The molecule has 3 N–H and O–H groups in total. The Morgan fingerprint density at radius 2 is 1.67 bits per heavy atom. The van der Waals surface area contributed by atoms with E-state index in [1.807, 2.05) is 0 Å². The Kier molecular flexibility index (Phi) is 9.97. The van der Waals surface area contributed by atoms with Crippen molar-refractivity contribution in [3.63, 3.8) is 0 Å². The lowest BCUT2D eigenvalue weighted by Gasteiger charge is -2.34. The first kappa shape index (κ1) is 27.5. The molecule has 1 aromatic rings. The number of nitrogens with one attached hydrogen (secondary N) is 2. The Hall–Kier alpha value is -3.49. The van der Waals surface area contributed by atoms with Gasteiger partial charge < -0.3 is 25.2 Å². The maximum Gasteiger partial charge on any atom is 0.408 e. The highest BCUT2D eigenvalue weighted by Crippen LogP contribution is 2.15. The van der Waals surface area contributed by atoms with Gasteiger partial charge in [0.25, 0.3) is 5.91 Å². The van der Waals surface area contributed by atoms with E-state index < -0.39 is 35.2 Å². The number of aliphatic hydroxyl groups excluding tert-OH is 1. The van der Waals surface area contributed by atoms with Gasteiger partial charge >= 0.3 is 12.1 Å². The van der Waals surface area contributed by atoms with Gasteiger partial charge in [0.2, 0.25) is 0 Å². The normalized spacial score (nSPS) is 12.6. The quantitative estimate of drug-likeness (QED) is 0.447. The zero-order valence-corrected chi connectivity index (χ0v) is 20.2. The van der Waals surface area contributed by atoms with E-state index in [0.29, 0.717) is 11.1 Å². The summed E-state index contributed by atoms with van der Waals surface area (Å²) in [7, 11) is 1.20. The molecule has 2 amide bonds. The van der Waals surface area contributed by atoms with E-state index in [1.54, 1.807) is 65.8 Å². The summed E-state index contributed by atoms with van der Waals surface area (Å²) in [5, 5.41) is 14.2. The lowest BCUT2D eigenvalue weighted by Crippen LogP contribution is -2.62. The number of esters is 1. The second-order valence-corrected chi connectivity index (χ2v) is 8.96. The van der Waals surface area contributed by atoms with E-state index in [4.69, 9.17) is 14.6 Å². The predicted octanol–water partition coefficient (Wildman–Crippen LogP) is 2.24. The average molecular weight is 457 g/mol. The molecule has 178 valence electrons. The third kappa shape index (κ3) is 9.67. The molecule has 33 heavy (non-hydrogen) atoms. The van der Waals surface area contributed by atoms with Crippen LogP contribution in [0, 0.1) is 29.6 Å². The number of rotatable bonds is 6. The molecule has 0 radical (unpaired) electrons. The summed E-state index contributed by atoms with van der Waals surface area (Å²) in [6, 6.07) is 5.25. The van der Waals surface area contributed by atoms with Crippen LogP contribution in [0.25, 0.3) is 0 Å². The minimum Gasteiger partial charge on any atom is -0.467 e. The molecule has 1 aromatic carbocycles. The smallest absolute Gasteiger partial charge is 0.408 e. The fraction of sp³-hybridized carbons (Fsp3) is 0.480. The third-order valence-electron chi connectivity index (χ3n) is 4.27. The number of amides is 2. The molecule has 0 bridgehead atoms. The Labute approximate surface area is 195 Å². The molecule has 2 unspecified atom stereocenters. The van der Waals surface area contributed by atoms with Crippen LogP contribution < -0.4 is 10.6 Å². The van der Waals surface area contributed by atoms with E-state index in [2.05, 4.69) is 34.3 Å². The van der Waals surface area contributed by atoms with E-state index in [-0.39, 0.29) is 12.5 Å². The number of hydrogen-bond donors (Lipinski definition) is 3. The molecule has 8 heteroatoms. The number of hydrogen-bond acceptors (Lipinski definition) is 6. The van der Waals surface area contributed by atoms with Crippen molar-refractivity contribution in [2.24, 2.45) is 5.92 Å². The van der Waals surface area contributed by atoms with Crippen molar-refractivity contribution >= 4 is 18.0 Å². The first-order valence-electron chi connectivity index (χ1n) is 10.4. The summed E-state index contributed by atoms with van der Waals surface area (Å²) in [4.78, 5) is 37.4. The summed E-state index contributed by atoms with van der Waals surface area (Å²) in [6.45, 7) is 10.1. The maximum atomic E-state index is 12.8. The second kappa shape index (κ2) is 11.9. The van der Waals surface area contributed by atoms with Crippen molar-refractivity contribution in [2.45, 2.75) is 58.7 Å². The largest absolute Gasteiger partial charge is 0.467 e. The van der Waals surface area contributed by atoms with Crippen LogP contribution in [0.5, 0.6) is 0 Å². The van der Waals surface area contributed by atoms with E-state index in [9.17, 15) is 14.4 Å². The number of alkyl carbamates (subject to hydrolysis) is 1. The number of ether oxygens (including phenoxy) is 2. The Balaban J connectivity index is 2.96. The lowest BCUT2D eigenvalue weighted by atomic mass is 9.94. The second-order valence-electron chi connectivity index (χ2n) is 8.96. The highest BCUT2D eigenvalue weighted by molar-refractivity contribution is 5.97. The summed E-state index contributed by atoms with van der Waals surface area (Å²) < 4.78 is 10.1. The van der Waals surface area contributed by atoms with E-state index >= 15 is 0 Å². The fourth-order valence-corrected chi connectivity index (χ4v) is 2.52. The van der Waals surface area contributed by atoms with Crippen molar-refractivity contribution < 1.29 is 29.0 Å². The molecular weight excluding hydrogens is 424 g/mol. The predicted molar refractivity (Wildman–Crippen MR) is 124 cm³/mol. The highest BCUT2D eigenvalue weighted by Gasteiger charge is 2.39. The standard InChI is InChI=1S/C25H32N2O6/c1-17(16-28)10-8-9-11-18-12-14-19(15-13-18)21(29)26-20(22(30)32-7)25(5,6)27-23(31)33-24(2,3)4/h12-15,17,20,28H,16H2,1-7H3,(H,26,29)(H,27,31). The molecule has 0 saturated heterocycles. The Morgan fingerprint density at radius 1 is 1.06 bits per heavy atom. The summed E-state index contributed by atoms with van der Waals surface area (Å²) in [6.07, 6.45) is -0.727. The van der Waals surface area contributed by atoms with E-state index in [1.165, 1.54) is 7.11 Å². The SMILES string of the molecule is COC(=O)C(NC(=O)c1ccc(C#CC#CC(C)CO)cc1)C(C)(C)NC(=O)OC(C)(C)C. The summed E-state index contributed by atoms with van der Waals surface area (Å²) >= 11 is 0. The van der Waals surface area contributed by atoms with Gasteiger partial charge in [0.1, 0.15) is 11.6 Å². The number of aliphatic hydroxyl groups is 1. The zero-order valence-electron chi connectivity index (χ0n) is 20.2. The van der Waals surface area contributed by atoms with Gasteiger partial charge in [0.05, 0.1) is 19.3 Å². The van der Waals surface area contributed by atoms with Crippen LogP contribution in [-0.4, -0.2) is 54.0 Å². The molecule has 8 nitrogen and oxygen atoms in total. The van der Waals surface area contributed by atoms with Gasteiger partial charge in [0, 0.05) is 17.0 Å². The number of methoxy groups -OCH3 is 1. The first-order chi connectivity index (χ1) is 15.3. The van der Waals surface area contributed by atoms with Gasteiger partial charge in [-0.25, -0.2) is 9.59 Å². The van der Waals surface area contributed by atoms with Crippen molar-refractivity contribution in [3.05, 3.63) is 35.4 Å². The van der Waals surface area contributed by atoms with Crippen molar-refractivity contribution in [2.75, 3.05) is 13.7 Å². The van der Waals surface area contributed by atoms with E-state index in [0.717, 1.165) is 0 Å². The Morgan fingerprint density at radius 3 is 2.18 bits per heavy atom. The maximum absolute atomic E-state index is 12.8. The van der Waals surface area contributed by atoms with Crippen LogP contribution in [0.1, 0.15) is 57.5 Å². The van der Waals surface area contributed by atoms with Crippen LogP contribution in [-0.2, 0) is 14.3 Å². The molecule has 1 rings (SSSR count). The van der Waals surface area contributed by atoms with Gasteiger partial charge in [-0.1, -0.05) is 11.8 Å². The number of carbonyl (C=O) groups excluding carboxylic acids is 3. The molecule has 0 aliphatic carbocycles. The van der Waals surface area contributed by atoms with Crippen molar-refractivity contribution in [1.82, 2.24) is 10.6 Å². The molecule has 2 atom stereocenters. The molecule has 0 aliphatic rings. The number of benzene rings is 1. The van der Waals surface area contributed by atoms with Crippen molar-refractivity contribution in [1.29, 1.82) is 0 Å². The molecule has 0 aliphatic heterocycles. The van der Waals surface area contributed by atoms with Crippen LogP contribution in [0.2, 0.25) is 0 Å². The van der Waals surface area contributed by atoms with Gasteiger partial charge in [-0.2, -0.15) is 0 Å². The van der Waals surface area contributed by atoms with Crippen LogP contribution in [0.3, 0.4) is 0 Å². The minimum atomic E-state index is -1.21. The average Bonchev–Trinajstić information content (AvgIpc) is 2.72. The molecule has 0 spiro atoms.